The molecule has 0 bridgehead atoms. The van der Waals surface area contributed by atoms with E-state index < -0.39 is 0 Å². The Morgan fingerprint density at radius 3 is 2.53 bits per heavy atom. The van der Waals surface area contributed by atoms with Crippen molar-refractivity contribution in [3.05, 3.63) is 56.5 Å². The highest BCUT2D eigenvalue weighted by atomic mass is 32.1. The van der Waals surface area contributed by atoms with Gasteiger partial charge < -0.3 is 14.0 Å². The molecular weight excluding hydrogens is 402 g/mol. The predicted molar refractivity (Wildman–Crippen MR) is 114 cm³/mol. The van der Waals surface area contributed by atoms with Crippen LogP contribution < -0.4 is 4.87 Å². The van der Waals surface area contributed by atoms with Crippen LogP contribution in [0, 0.1) is 13.8 Å². The monoisotopic (exact) mass is 427 g/mol. The van der Waals surface area contributed by atoms with Crippen LogP contribution in [-0.4, -0.2) is 56.6 Å². The second kappa shape index (κ2) is 8.93. The minimum atomic E-state index is -0.00492. The first-order valence-electron chi connectivity index (χ1n) is 10.0. The average Bonchev–Trinajstić information content (AvgIpc) is 3.34. The summed E-state index contributed by atoms with van der Waals surface area (Å²) in [4.78, 5) is 32.9. The number of piperazine rings is 1. The van der Waals surface area contributed by atoms with Gasteiger partial charge >= 0.3 is 4.87 Å². The van der Waals surface area contributed by atoms with Crippen molar-refractivity contribution < 1.29 is 9.32 Å². The summed E-state index contributed by atoms with van der Waals surface area (Å²) in [5, 5.41) is 5.91. The normalized spacial score (nSPS) is 14.9. The molecule has 1 aromatic carbocycles. The predicted octanol–water partition coefficient (Wildman–Crippen LogP) is 2.31. The van der Waals surface area contributed by atoms with Gasteiger partial charge in [0.2, 0.25) is 17.6 Å². The molecule has 0 N–H and O–H groups in total. The van der Waals surface area contributed by atoms with Gasteiger partial charge in [-0.1, -0.05) is 46.3 Å². The topological polar surface area (TPSA) is 84.5 Å². The van der Waals surface area contributed by atoms with E-state index in [1.165, 1.54) is 16.9 Å². The van der Waals surface area contributed by atoms with Crippen molar-refractivity contribution in [3.63, 3.8) is 0 Å². The van der Waals surface area contributed by atoms with Gasteiger partial charge in [-0.05, 0) is 13.8 Å². The number of carbonyl (C=O) groups is 1. The summed E-state index contributed by atoms with van der Waals surface area (Å²) in [7, 11) is 0. The van der Waals surface area contributed by atoms with Crippen molar-refractivity contribution in [2.45, 2.75) is 33.4 Å². The number of hydrogen-bond acceptors (Lipinski definition) is 7. The third-order valence-corrected chi connectivity index (χ3v) is 6.27. The van der Waals surface area contributed by atoms with E-state index in [0.29, 0.717) is 44.3 Å². The van der Waals surface area contributed by atoms with Gasteiger partial charge in [-0.3, -0.25) is 14.5 Å². The number of amides is 1. The zero-order chi connectivity index (χ0) is 21.1. The number of benzene rings is 1. The molecule has 0 unspecified atom stereocenters. The molecule has 4 rings (SSSR count). The fraction of sp³-hybridized carbons (Fsp3) is 0.429. The van der Waals surface area contributed by atoms with Crippen molar-refractivity contribution in [1.29, 1.82) is 0 Å². The molecule has 1 amide bonds. The molecule has 0 aliphatic carbocycles. The minimum absolute atomic E-state index is 0.00492. The third-order valence-electron chi connectivity index (χ3n) is 5.39. The van der Waals surface area contributed by atoms with Crippen LogP contribution in [0.15, 0.2) is 39.0 Å². The molecule has 1 aliphatic rings. The van der Waals surface area contributed by atoms with Crippen LogP contribution in [0.5, 0.6) is 0 Å². The lowest BCUT2D eigenvalue weighted by Crippen LogP contribution is -2.48. The van der Waals surface area contributed by atoms with E-state index in [9.17, 15) is 9.59 Å². The Balaban J connectivity index is 1.26. The second-order valence-electron chi connectivity index (χ2n) is 7.58. The Labute approximate surface area is 178 Å². The molecule has 2 aromatic heterocycles. The maximum Gasteiger partial charge on any atom is 0.307 e. The molecule has 0 radical (unpaired) electrons. The number of thiazole rings is 1. The molecule has 0 atom stereocenters. The van der Waals surface area contributed by atoms with Crippen LogP contribution in [0.2, 0.25) is 0 Å². The fourth-order valence-electron chi connectivity index (χ4n) is 3.53. The number of rotatable bonds is 6. The van der Waals surface area contributed by atoms with Crippen molar-refractivity contribution in [2.75, 3.05) is 26.2 Å². The highest BCUT2D eigenvalue weighted by Crippen LogP contribution is 2.17. The van der Waals surface area contributed by atoms with E-state index in [4.69, 9.17) is 4.52 Å². The van der Waals surface area contributed by atoms with E-state index in [1.54, 1.807) is 4.57 Å². The summed E-state index contributed by atoms with van der Waals surface area (Å²) in [6.45, 7) is 7.78. The summed E-state index contributed by atoms with van der Waals surface area (Å²) in [5.41, 5.74) is 3.03. The van der Waals surface area contributed by atoms with Crippen LogP contribution in [0.3, 0.4) is 0 Å². The lowest BCUT2D eigenvalue weighted by Gasteiger charge is -2.34. The number of carbonyl (C=O) groups excluding carboxylic acids is 1. The Bertz CT molecular complexity index is 1060. The summed E-state index contributed by atoms with van der Waals surface area (Å²) < 4.78 is 7.08. The summed E-state index contributed by atoms with van der Waals surface area (Å²) in [6, 6.07) is 8.02. The number of aromatic nitrogens is 3. The molecule has 9 heteroatoms. The van der Waals surface area contributed by atoms with Gasteiger partial charge in [-0.25, -0.2) is 0 Å². The van der Waals surface area contributed by atoms with Crippen molar-refractivity contribution in [3.8, 4) is 11.4 Å². The van der Waals surface area contributed by atoms with E-state index >= 15 is 0 Å². The number of nitrogens with zero attached hydrogens (tertiary/aromatic N) is 5. The third kappa shape index (κ3) is 4.68. The highest BCUT2D eigenvalue weighted by molar-refractivity contribution is 7.07. The van der Waals surface area contributed by atoms with Crippen LogP contribution in [0.4, 0.5) is 0 Å². The molecule has 3 aromatic rings. The van der Waals surface area contributed by atoms with Crippen LogP contribution >= 0.6 is 11.3 Å². The number of hydrogen-bond donors (Lipinski definition) is 0. The highest BCUT2D eigenvalue weighted by Gasteiger charge is 2.22. The van der Waals surface area contributed by atoms with Crippen molar-refractivity contribution in [2.24, 2.45) is 0 Å². The molecule has 0 spiro atoms. The van der Waals surface area contributed by atoms with Gasteiger partial charge in [0, 0.05) is 55.8 Å². The lowest BCUT2D eigenvalue weighted by molar-refractivity contribution is -0.133. The summed E-state index contributed by atoms with van der Waals surface area (Å²) in [6.07, 6.45) is 0.348. The van der Waals surface area contributed by atoms with Crippen LogP contribution in [0.25, 0.3) is 11.4 Å². The maximum absolute atomic E-state index is 12.5. The molecule has 0 saturated carbocycles. The summed E-state index contributed by atoms with van der Waals surface area (Å²) in [5.74, 6) is 1.27. The van der Waals surface area contributed by atoms with Gasteiger partial charge in [-0.15, -0.1) is 0 Å². The Morgan fingerprint density at radius 2 is 1.87 bits per heavy atom. The first kappa shape index (κ1) is 20.5. The molecule has 1 aliphatic heterocycles. The van der Waals surface area contributed by atoms with Gasteiger partial charge in [0.25, 0.3) is 0 Å². The lowest BCUT2D eigenvalue weighted by atomic mass is 10.1. The SMILES string of the molecule is Cc1ccc(-c2noc(CN3CCN(C(=O)CCn4c(C)csc4=O)CC3)n2)cc1. The largest absolute Gasteiger partial charge is 0.340 e. The van der Waals surface area contributed by atoms with E-state index in [1.807, 2.05) is 48.4 Å². The average molecular weight is 428 g/mol. The van der Waals surface area contributed by atoms with Crippen LogP contribution in [0.1, 0.15) is 23.6 Å². The van der Waals surface area contributed by atoms with E-state index in [2.05, 4.69) is 15.0 Å². The molecular formula is C21H25N5O3S. The van der Waals surface area contributed by atoms with E-state index in [0.717, 1.165) is 24.3 Å². The van der Waals surface area contributed by atoms with Gasteiger partial charge in [-0.2, -0.15) is 4.98 Å². The Kier molecular flexibility index (Phi) is 6.10. The van der Waals surface area contributed by atoms with Crippen molar-refractivity contribution >= 4 is 17.2 Å². The molecule has 1 fully saturated rings. The molecule has 3 heterocycles. The zero-order valence-corrected chi connectivity index (χ0v) is 18.0. The number of aryl methyl sites for hydroxylation is 2. The van der Waals surface area contributed by atoms with Gasteiger partial charge in [0.1, 0.15) is 0 Å². The molecule has 30 heavy (non-hydrogen) atoms. The second-order valence-corrected chi connectivity index (χ2v) is 8.40. The summed E-state index contributed by atoms with van der Waals surface area (Å²) >= 11 is 1.18. The van der Waals surface area contributed by atoms with Gasteiger partial charge in [0.05, 0.1) is 6.54 Å². The van der Waals surface area contributed by atoms with E-state index in [-0.39, 0.29) is 10.8 Å². The minimum Gasteiger partial charge on any atom is -0.340 e. The molecule has 158 valence electrons. The smallest absolute Gasteiger partial charge is 0.307 e. The fourth-order valence-corrected chi connectivity index (χ4v) is 4.29. The molecule has 1 saturated heterocycles. The van der Waals surface area contributed by atoms with Crippen LogP contribution in [-0.2, 0) is 17.9 Å². The maximum atomic E-state index is 12.5. The Hall–Kier alpha value is -2.78. The van der Waals surface area contributed by atoms with Crippen molar-refractivity contribution in [1.82, 2.24) is 24.5 Å². The molecule has 8 nitrogen and oxygen atoms in total. The first-order chi connectivity index (χ1) is 14.5. The Morgan fingerprint density at radius 1 is 1.13 bits per heavy atom. The zero-order valence-electron chi connectivity index (χ0n) is 17.2. The van der Waals surface area contributed by atoms with Gasteiger partial charge in [0.15, 0.2) is 0 Å². The standard InChI is InChI=1S/C21H25N5O3S/c1-15-3-5-17(6-4-15)20-22-18(29-23-20)13-24-9-11-25(12-10-24)19(27)7-8-26-16(2)14-30-21(26)28/h3-6,14H,7-13H2,1-2H3. The quantitative estimate of drug-likeness (QED) is 0.600. The first-order valence-corrected chi connectivity index (χ1v) is 10.9.